The Morgan fingerprint density at radius 1 is 1.29 bits per heavy atom. The van der Waals surface area contributed by atoms with E-state index in [1.165, 1.54) is 0 Å². The predicted octanol–water partition coefficient (Wildman–Crippen LogP) is 1.63. The molecule has 1 heterocycles. The highest BCUT2D eigenvalue weighted by Gasteiger charge is 2.20. The first-order valence-corrected chi connectivity index (χ1v) is 5.95. The van der Waals surface area contributed by atoms with Crippen molar-refractivity contribution in [1.82, 2.24) is 5.32 Å². The normalized spacial score (nSPS) is 16.5. The van der Waals surface area contributed by atoms with Crippen LogP contribution >= 0.6 is 0 Å². The van der Waals surface area contributed by atoms with E-state index in [4.69, 9.17) is 4.74 Å². The Morgan fingerprint density at radius 2 is 1.94 bits per heavy atom. The number of nitrogens with one attached hydrogen (secondary N) is 2. The standard InChI is InChI=1S/C13H18N2O2/c1-17-12-4-2-11(3-5-12)15-13(16)10-6-8-14-9-7-10/h2-5,10,14H,6-9H2,1H3,(H,15,16). The number of rotatable bonds is 3. The highest BCUT2D eigenvalue weighted by atomic mass is 16.5. The van der Waals surface area contributed by atoms with Crippen molar-refractivity contribution >= 4 is 11.6 Å². The second kappa shape index (κ2) is 5.68. The summed E-state index contributed by atoms with van der Waals surface area (Å²) in [5, 5.41) is 6.19. The number of hydrogen-bond donors (Lipinski definition) is 2. The molecule has 0 saturated carbocycles. The van der Waals surface area contributed by atoms with Gasteiger partial charge in [-0.1, -0.05) is 0 Å². The monoisotopic (exact) mass is 234 g/mol. The van der Waals surface area contributed by atoms with E-state index in [0.29, 0.717) is 0 Å². The molecule has 4 nitrogen and oxygen atoms in total. The minimum Gasteiger partial charge on any atom is -0.497 e. The quantitative estimate of drug-likeness (QED) is 0.835. The van der Waals surface area contributed by atoms with Gasteiger partial charge in [-0.2, -0.15) is 0 Å². The fourth-order valence-electron chi connectivity index (χ4n) is 2.00. The molecule has 0 unspecified atom stereocenters. The zero-order chi connectivity index (χ0) is 12.1. The maximum absolute atomic E-state index is 12.0. The predicted molar refractivity (Wildman–Crippen MR) is 67.2 cm³/mol. The molecule has 0 spiro atoms. The van der Waals surface area contributed by atoms with E-state index in [-0.39, 0.29) is 11.8 Å². The Morgan fingerprint density at radius 3 is 2.53 bits per heavy atom. The number of methoxy groups -OCH3 is 1. The van der Waals surface area contributed by atoms with Crippen molar-refractivity contribution in [2.45, 2.75) is 12.8 Å². The largest absolute Gasteiger partial charge is 0.497 e. The van der Waals surface area contributed by atoms with Crippen LogP contribution in [0.15, 0.2) is 24.3 Å². The molecule has 0 aliphatic carbocycles. The Balaban J connectivity index is 1.92. The smallest absolute Gasteiger partial charge is 0.227 e. The Kier molecular flexibility index (Phi) is 3.98. The van der Waals surface area contributed by atoms with Gasteiger partial charge >= 0.3 is 0 Å². The third-order valence-electron chi connectivity index (χ3n) is 3.07. The molecule has 1 aliphatic rings. The van der Waals surface area contributed by atoms with E-state index in [0.717, 1.165) is 37.4 Å². The molecule has 4 heteroatoms. The minimum atomic E-state index is 0.122. The Bertz CT molecular complexity index is 370. The molecule has 1 fully saturated rings. The van der Waals surface area contributed by atoms with Gasteiger partial charge in [-0.15, -0.1) is 0 Å². The van der Waals surface area contributed by atoms with Gasteiger partial charge in [0.05, 0.1) is 7.11 Å². The average molecular weight is 234 g/mol. The summed E-state index contributed by atoms with van der Waals surface area (Å²) in [5.41, 5.74) is 0.828. The number of anilines is 1. The first-order chi connectivity index (χ1) is 8.29. The van der Waals surface area contributed by atoms with Gasteiger partial charge in [0, 0.05) is 11.6 Å². The van der Waals surface area contributed by atoms with E-state index < -0.39 is 0 Å². The van der Waals surface area contributed by atoms with Crippen molar-refractivity contribution < 1.29 is 9.53 Å². The molecule has 0 atom stereocenters. The van der Waals surface area contributed by atoms with Crippen molar-refractivity contribution in [3.05, 3.63) is 24.3 Å². The second-order valence-corrected chi connectivity index (χ2v) is 4.24. The van der Waals surface area contributed by atoms with E-state index in [1.54, 1.807) is 7.11 Å². The molecule has 2 N–H and O–H groups in total. The minimum absolute atomic E-state index is 0.122. The molecule has 0 aromatic heterocycles. The van der Waals surface area contributed by atoms with Crippen LogP contribution in [0.4, 0.5) is 5.69 Å². The molecule has 0 radical (unpaired) electrons. The van der Waals surface area contributed by atoms with E-state index >= 15 is 0 Å². The van der Waals surface area contributed by atoms with Crippen LogP contribution in [0.2, 0.25) is 0 Å². The number of amides is 1. The molecule has 1 saturated heterocycles. The van der Waals surface area contributed by atoms with Crippen LogP contribution in [0, 0.1) is 5.92 Å². The van der Waals surface area contributed by atoms with Gasteiger partial charge in [-0.05, 0) is 50.2 Å². The molecular weight excluding hydrogens is 216 g/mol. The summed E-state index contributed by atoms with van der Waals surface area (Å²) in [5.74, 6) is 1.06. The number of carbonyl (C=O) groups excluding carboxylic acids is 1. The highest BCUT2D eigenvalue weighted by Crippen LogP contribution is 2.18. The van der Waals surface area contributed by atoms with Crippen LogP contribution in [0.1, 0.15) is 12.8 Å². The number of ether oxygens (including phenoxy) is 1. The van der Waals surface area contributed by atoms with Crippen molar-refractivity contribution in [2.75, 3.05) is 25.5 Å². The summed E-state index contributed by atoms with van der Waals surface area (Å²) < 4.78 is 5.07. The SMILES string of the molecule is COc1ccc(NC(=O)C2CCNCC2)cc1. The molecule has 2 rings (SSSR count). The summed E-state index contributed by atoms with van der Waals surface area (Å²) in [6.07, 6.45) is 1.84. The van der Waals surface area contributed by atoms with Crippen molar-refractivity contribution in [1.29, 1.82) is 0 Å². The van der Waals surface area contributed by atoms with Gasteiger partial charge in [0.1, 0.15) is 5.75 Å². The van der Waals surface area contributed by atoms with Crippen LogP contribution in [0.25, 0.3) is 0 Å². The third-order valence-corrected chi connectivity index (χ3v) is 3.07. The summed E-state index contributed by atoms with van der Waals surface area (Å²) >= 11 is 0. The number of benzene rings is 1. The lowest BCUT2D eigenvalue weighted by Crippen LogP contribution is -2.34. The van der Waals surface area contributed by atoms with E-state index in [9.17, 15) is 4.79 Å². The number of piperidine rings is 1. The zero-order valence-electron chi connectivity index (χ0n) is 10.0. The molecule has 1 aromatic rings. The topological polar surface area (TPSA) is 50.4 Å². The lowest BCUT2D eigenvalue weighted by molar-refractivity contribution is -0.120. The summed E-state index contributed by atoms with van der Waals surface area (Å²) in [6.45, 7) is 1.86. The van der Waals surface area contributed by atoms with Gasteiger partial charge in [0.2, 0.25) is 5.91 Å². The van der Waals surface area contributed by atoms with Crippen LogP contribution < -0.4 is 15.4 Å². The van der Waals surface area contributed by atoms with Crippen molar-refractivity contribution in [2.24, 2.45) is 5.92 Å². The van der Waals surface area contributed by atoms with Crippen LogP contribution in [0.5, 0.6) is 5.75 Å². The average Bonchev–Trinajstić information content (AvgIpc) is 2.40. The maximum Gasteiger partial charge on any atom is 0.227 e. The Hall–Kier alpha value is -1.55. The highest BCUT2D eigenvalue weighted by molar-refractivity contribution is 5.92. The molecule has 1 aromatic carbocycles. The number of hydrogen-bond acceptors (Lipinski definition) is 3. The van der Waals surface area contributed by atoms with Crippen molar-refractivity contribution in [3.63, 3.8) is 0 Å². The van der Waals surface area contributed by atoms with Gasteiger partial charge in [-0.3, -0.25) is 4.79 Å². The first kappa shape index (κ1) is 11.9. The van der Waals surface area contributed by atoms with Gasteiger partial charge < -0.3 is 15.4 Å². The van der Waals surface area contributed by atoms with E-state index in [2.05, 4.69) is 10.6 Å². The first-order valence-electron chi connectivity index (χ1n) is 5.95. The van der Waals surface area contributed by atoms with Gasteiger partial charge in [0.25, 0.3) is 0 Å². The third kappa shape index (κ3) is 3.20. The molecule has 1 amide bonds. The fraction of sp³-hybridized carbons (Fsp3) is 0.462. The summed E-state index contributed by atoms with van der Waals surface area (Å²) in [7, 11) is 1.63. The maximum atomic E-state index is 12.0. The van der Waals surface area contributed by atoms with Gasteiger partial charge in [0.15, 0.2) is 0 Å². The lowest BCUT2D eigenvalue weighted by atomic mass is 9.97. The molecule has 17 heavy (non-hydrogen) atoms. The van der Waals surface area contributed by atoms with E-state index in [1.807, 2.05) is 24.3 Å². The molecule has 0 bridgehead atoms. The van der Waals surface area contributed by atoms with Gasteiger partial charge in [-0.25, -0.2) is 0 Å². The molecule has 92 valence electrons. The fourth-order valence-corrected chi connectivity index (χ4v) is 2.00. The Labute approximate surface area is 101 Å². The lowest BCUT2D eigenvalue weighted by Gasteiger charge is -2.21. The van der Waals surface area contributed by atoms with Crippen molar-refractivity contribution in [3.8, 4) is 5.75 Å². The van der Waals surface area contributed by atoms with Crippen LogP contribution in [-0.4, -0.2) is 26.1 Å². The van der Waals surface area contributed by atoms with Crippen LogP contribution in [0.3, 0.4) is 0 Å². The molecule has 1 aliphatic heterocycles. The second-order valence-electron chi connectivity index (χ2n) is 4.24. The zero-order valence-corrected chi connectivity index (χ0v) is 10.0. The summed E-state index contributed by atoms with van der Waals surface area (Å²) in [6, 6.07) is 7.41. The number of carbonyl (C=O) groups is 1. The summed E-state index contributed by atoms with van der Waals surface area (Å²) in [4.78, 5) is 12.0. The van der Waals surface area contributed by atoms with Crippen LogP contribution in [-0.2, 0) is 4.79 Å². The molecular formula is C13H18N2O2.